The molecule has 0 aliphatic heterocycles. The monoisotopic (exact) mass is 981 g/mol. The van der Waals surface area contributed by atoms with Crippen LogP contribution in [0.5, 0.6) is 0 Å². The van der Waals surface area contributed by atoms with E-state index in [0.29, 0.717) is 12.8 Å². The quantitative estimate of drug-likeness (QED) is 0.0262. The molecule has 0 rings (SSSR count). The predicted molar refractivity (Wildman–Crippen MR) is 306 cm³/mol. The Morgan fingerprint density at radius 2 is 0.549 bits per heavy atom. The minimum Gasteiger partial charge on any atom is -0.462 e. The van der Waals surface area contributed by atoms with Crippen LogP contribution in [0.3, 0.4) is 0 Å². The SMILES string of the molecule is CC/C=C\C/C=C\C/C=C\C/C=C\C/C=C\C/C=C\CCCCCCC(=O)OCC(COC(=O)CCCCCCCCCCCCC)OC(=O)CCCCC/C=C\C/C=C\C/C=C\C/C=C\C/C=C\CC. The van der Waals surface area contributed by atoms with E-state index < -0.39 is 6.10 Å². The fraction of sp³-hybridized carbons (Fsp3) is 0.615. The number of hydrogen-bond donors (Lipinski definition) is 0. The Labute approximate surface area is 436 Å². The van der Waals surface area contributed by atoms with Gasteiger partial charge in [-0.2, -0.15) is 0 Å². The first-order valence-electron chi connectivity index (χ1n) is 28.7. The predicted octanol–water partition coefficient (Wildman–Crippen LogP) is 19.4. The molecule has 71 heavy (non-hydrogen) atoms. The molecule has 0 saturated heterocycles. The lowest BCUT2D eigenvalue weighted by Gasteiger charge is -2.18. The van der Waals surface area contributed by atoms with Crippen molar-refractivity contribution in [1.29, 1.82) is 0 Å². The van der Waals surface area contributed by atoms with Crippen molar-refractivity contribution in [2.75, 3.05) is 13.2 Å². The van der Waals surface area contributed by atoms with Gasteiger partial charge in [-0.05, 0) is 116 Å². The minimum absolute atomic E-state index is 0.103. The van der Waals surface area contributed by atoms with E-state index in [4.69, 9.17) is 14.2 Å². The standard InChI is InChI=1S/C65H104O6/c1-4-7-10-13-16-19-22-24-26-28-30-31-32-33-35-36-38-40-43-46-49-52-55-58-64(67)70-61-62(60-69-63(66)57-54-51-48-45-42-21-18-15-12-9-6-3)71-65(68)59-56-53-50-47-44-41-39-37-34-29-27-25-23-20-17-14-11-8-5-2/h7-8,10-11,16-17,19-20,24-27,30-31,33-35,37-38,40-41,44,62H,4-6,9,12-15,18,21-23,28-29,32,36,39,42-43,45-61H2,1-3H3/b10-7-,11-8-,19-16-,20-17-,26-24-,27-25-,31-30-,35-33-,37-34-,40-38-,44-41-. The van der Waals surface area contributed by atoms with Gasteiger partial charge in [-0.1, -0.05) is 238 Å². The highest BCUT2D eigenvalue weighted by Crippen LogP contribution is 2.14. The molecule has 0 radical (unpaired) electrons. The fourth-order valence-corrected chi connectivity index (χ4v) is 7.41. The van der Waals surface area contributed by atoms with Gasteiger partial charge in [-0.3, -0.25) is 14.4 Å². The van der Waals surface area contributed by atoms with Crippen molar-refractivity contribution in [2.45, 2.75) is 245 Å². The molecule has 0 aliphatic carbocycles. The molecule has 0 aliphatic rings. The lowest BCUT2D eigenvalue weighted by atomic mass is 10.1. The molecule has 0 heterocycles. The van der Waals surface area contributed by atoms with Crippen molar-refractivity contribution in [3.8, 4) is 0 Å². The van der Waals surface area contributed by atoms with E-state index in [9.17, 15) is 14.4 Å². The molecule has 0 saturated carbocycles. The van der Waals surface area contributed by atoms with E-state index in [1.54, 1.807) is 0 Å². The van der Waals surface area contributed by atoms with Crippen LogP contribution in [0.1, 0.15) is 239 Å². The summed E-state index contributed by atoms with van der Waals surface area (Å²) in [5.41, 5.74) is 0. The molecule has 0 aromatic carbocycles. The Bertz CT molecular complexity index is 1550. The number of rotatable bonds is 50. The third kappa shape index (κ3) is 56.3. The van der Waals surface area contributed by atoms with Crippen molar-refractivity contribution in [2.24, 2.45) is 0 Å². The molecule has 0 aromatic heterocycles. The van der Waals surface area contributed by atoms with Crippen molar-refractivity contribution in [3.05, 3.63) is 134 Å². The Morgan fingerprint density at radius 1 is 0.296 bits per heavy atom. The fourth-order valence-electron chi connectivity index (χ4n) is 7.41. The highest BCUT2D eigenvalue weighted by Gasteiger charge is 2.19. The molecule has 6 heteroatoms. The number of carbonyl (C=O) groups is 3. The molecule has 1 atom stereocenters. The van der Waals surface area contributed by atoms with Crippen molar-refractivity contribution in [1.82, 2.24) is 0 Å². The van der Waals surface area contributed by atoms with E-state index in [1.807, 2.05) is 0 Å². The zero-order chi connectivity index (χ0) is 51.4. The smallest absolute Gasteiger partial charge is 0.306 e. The number of allylic oxidation sites excluding steroid dienone is 22. The van der Waals surface area contributed by atoms with E-state index in [2.05, 4.69) is 154 Å². The van der Waals surface area contributed by atoms with Gasteiger partial charge in [0.15, 0.2) is 6.10 Å². The third-order valence-electron chi connectivity index (χ3n) is 11.7. The summed E-state index contributed by atoms with van der Waals surface area (Å²) in [7, 11) is 0. The van der Waals surface area contributed by atoms with Gasteiger partial charge in [0.05, 0.1) is 0 Å². The third-order valence-corrected chi connectivity index (χ3v) is 11.7. The van der Waals surface area contributed by atoms with Gasteiger partial charge in [-0.25, -0.2) is 0 Å². The number of esters is 3. The van der Waals surface area contributed by atoms with E-state index in [0.717, 1.165) is 148 Å². The lowest BCUT2D eigenvalue weighted by Crippen LogP contribution is -2.30. The average molecular weight is 982 g/mol. The Hall–Kier alpha value is -4.45. The summed E-state index contributed by atoms with van der Waals surface area (Å²) < 4.78 is 16.8. The van der Waals surface area contributed by atoms with Gasteiger partial charge in [0.1, 0.15) is 13.2 Å². The van der Waals surface area contributed by atoms with Gasteiger partial charge < -0.3 is 14.2 Å². The highest BCUT2D eigenvalue weighted by molar-refractivity contribution is 5.71. The molecule has 6 nitrogen and oxygen atoms in total. The van der Waals surface area contributed by atoms with Gasteiger partial charge in [0, 0.05) is 19.3 Å². The molecule has 0 aromatic rings. The average Bonchev–Trinajstić information content (AvgIpc) is 3.37. The maximum Gasteiger partial charge on any atom is 0.306 e. The first-order valence-corrected chi connectivity index (χ1v) is 28.7. The van der Waals surface area contributed by atoms with Gasteiger partial charge in [0.25, 0.3) is 0 Å². The Kier molecular flexibility index (Phi) is 54.5. The summed E-state index contributed by atoms with van der Waals surface area (Å²) in [5, 5.41) is 0. The lowest BCUT2D eigenvalue weighted by molar-refractivity contribution is -0.167. The summed E-state index contributed by atoms with van der Waals surface area (Å²) in [6, 6.07) is 0. The maximum atomic E-state index is 12.8. The molecule has 1 unspecified atom stereocenters. The van der Waals surface area contributed by atoms with Crippen LogP contribution in [0.15, 0.2) is 134 Å². The summed E-state index contributed by atoms with van der Waals surface area (Å²) >= 11 is 0. The van der Waals surface area contributed by atoms with Crippen LogP contribution in [0, 0.1) is 0 Å². The van der Waals surface area contributed by atoms with Crippen LogP contribution in [0.25, 0.3) is 0 Å². The van der Waals surface area contributed by atoms with Crippen LogP contribution in [-0.2, 0) is 28.6 Å². The molecule has 0 fully saturated rings. The summed E-state index contributed by atoms with van der Waals surface area (Å²) in [6.07, 6.45) is 81.5. The second-order valence-corrected chi connectivity index (χ2v) is 18.4. The topological polar surface area (TPSA) is 78.9 Å². The van der Waals surface area contributed by atoms with E-state index in [1.165, 1.54) is 51.4 Å². The Morgan fingerprint density at radius 3 is 0.873 bits per heavy atom. The number of carbonyl (C=O) groups excluding carboxylic acids is 3. The summed E-state index contributed by atoms with van der Waals surface area (Å²) in [6.45, 7) is 6.35. The van der Waals surface area contributed by atoms with Crippen LogP contribution in [-0.4, -0.2) is 37.2 Å². The number of ether oxygens (including phenoxy) is 3. The number of unbranched alkanes of at least 4 members (excludes halogenated alkanes) is 17. The maximum absolute atomic E-state index is 12.8. The zero-order valence-electron chi connectivity index (χ0n) is 45.7. The first kappa shape index (κ1) is 66.6. The van der Waals surface area contributed by atoms with Crippen molar-refractivity contribution in [3.63, 3.8) is 0 Å². The van der Waals surface area contributed by atoms with Crippen molar-refractivity contribution < 1.29 is 28.6 Å². The van der Waals surface area contributed by atoms with E-state index >= 15 is 0 Å². The summed E-state index contributed by atoms with van der Waals surface area (Å²) in [5.74, 6) is -0.966. The van der Waals surface area contributed by atoms with Crippen LogP contribution in [0.2, 0.25) is 0 Å². The van der Waals surface area contributed by atoms with E-state index in [-0.39, 0.29) is 37.5 Å². The minimum atomic E-state index is -0.810. The molecule has 0 N–H and O–H groups in total. The highest BCUT2D eigenvalue weighted by atomic mass is 16.6. The van der Waals surface area contributed by atoms with Gasteiger partial charge >= 0.3 is 17.9 Å². The summed E-state index contributed by atoms with van der Waals surface area (Å²) in [4.78, 5) is 38.1. The van der Waals surface area contributed by atoms with Crippen LogP contribution in [0.4, 0.5) is 0 Å². The largest absolute Gasteiger partial charge is 0.462 e. The van der Waals surface area contributed by atoms with Gasteiger partial charge in [0.2, 0.25) is 0 Å². The second kappa shape index (κ2) is 58.1. The second-order valence-electron chi connectivity index (χ2n) is 18.4. The molecular weight excluding hydrogens is 877 g/mol. The van der Waals surface area contributed by atoms with Crippen molar-refractivity contribution >= 4 is 17.9 Å². The Balaban J connectivity index is 4.47. The molecular formula is C65H104O6. The van der Waals surface area contributed by atoms with Crippen LogP contribution >= 0.6 is 0 Å². The van der Waals surface area contributed by atoms with Crippen LogP contribution < -0.4 is 0 Å². The van der Waals surface area contributed by atoms with Gasteiger partial charge in [-0.15, -0.1) is 0 Å². The first-order chi connectivity index (χ1) is 35.0. The normalized spacial score (nSPS) is 13.1. The molecule has 0 bridgehead atoms. The molecule has 400 valence electrons. The number of hydrogen-bond acceptors (Lipinski definition) is 6. The molecule has 0 amide bonds. The molecule has 0 spiro atoms. The zero-order valence-corrected chi connectivity index (χ0v) is 45.7.